The summed E-state index contributed by atoms with van der Waals surface area (Å²) in [6.45, 7) is 1.60. The van der Waals surface area contributed by atoms with Crippen LogP contribution in [0.3, 0.4) is 0 Å². The van der Waals surface area contributed by atoms with Gasteiger partial charge in [-0.25, -0.2) is 0 Å². The van der Waals surface area contributed by atoms with Gasteiger partial charge in [0, 0.05) is 12.7 Å². The molecule has 0 atom stereocenters. The maximum Gasteiger partial charge on any atom is 0.310 e. The maximum absolute atomic E-state index is 12.7. The number of nitrogens with one attached hydrogen (secondary N) is 1. The topological polar surface area (TPSA) is 75.7 Å². The van der Waals surface area contributed by atoms with E-state index in [1.165, 1.54) is 11.3 Å². The van der Waals surface area contributed by atoms with Gasteiger partial charge in [-0.15, -0.1) is 0 Å². The molecule has 0 unspecified atom stereocenters. The number of likely N-dealkylation sites (N-methyl/N-ethyl adjacent to an activating group) is 1. The van der Waals surface area contributed by atoms with Crippen LogP contribution in [0.1, 0.15) is 37.7 Å². The van der Waals surface area contributed by atoms with Crippen molar-refractivity contribution in [3.8, 4) is 0 Å². The summed E-state index contributed by atoms with van der Waals surface area (Å²) in [6.07, 6.45) is 5.89. The summed E-state index contributed by atoms with van der Waals surface area (Å²) in [4.78, 5) is 38.5. The highest BCUT2D eigenvalue weighted by atomic mass is 16.5. The van der Waals surface area contributed by atoms with Gasteiger partial charge in [-0.05, 0) is 74.8 Å². The van der Waals surface area contributed by atoms with Crippen molar-refractivity contribution < 1.29 is 19.1 Å². The summed E-state index contributed by atoms with van der Waals surface area (Å²) >= 11 is 0. The zero-order chi connectivity index (χ0) is 20.5. The minimum atomic E-state index is -0.360. The average molecular weight is 399 g/mol. The number of aryl methyl sites for hydroxylation is 1. The fraction of sp³-hybridized carbons (Fsp3) is 0.609. The molecule has 1 aromatic carbocycles. The quantitative estimate of drug-likeness (QED) is 0.748. The monoisotopic (exact) mass is 398 g/mol. The zero-order valence-corrected chi connectivity index (χ0v) is 17.2. The van der Waals surface area contributed by atoms with Crippen LogP contribution in [-0.2, 0) is 19.1 Å². The fourth-order valence-corrected chi connectivity index (χ4v) is 5.79. The number of hydrogen-bond donors (Lipinski definition) is 1. The van der Waals surface area contributed by atoms with Crippen LogP contribution in [0.15, 0.2) is 24.3 Å². The van der Waals surface area contributed by atoms with Crippen LogP contribution < -0.4 is 5.32 Å². The molecule has 6 nitrogen and oxygen atoms in total. The minimum Gasteiger partial charge on any atom is -0.455 e. The Morgan fingerprint density at radius 3 is 2.17 bits per heavy atom. The van der Waals surface area contributed by atoms with Gasteiger partial charge in [0.15, 0.2) is 6.61 Å². The van der Waals surface area contributed by atoms with Gasteiger partial charge >= 0.3 is 5.97 Å². The van der Waals surface area contributed by atoms with Crippen molar-refractivity contribution in [3.05, 3.63) is 29.8 Å². The Morgan fingerprint density at radius 1 is 1.00 bits per heavy atom. The SMILES string of the molecule is Cc1ccc(NC(=O)CN(C)C(=O)COC(=O)C2C3CC4CC(C3)CC2C4)cc1. The van der Waals surface area contributed by atoms with Crippen molar-refractivity contribution in [2.75, 3.05) is 25.5 Å². The van der Waals surface area contributed by atoms with Crippen LogP contribution >= 0.6 is 0 Å². The van der Waals surface area contributed by atoms with E-state index in [1.54, 1.807) is 7.05 Å². The van der Waals surface area contributed by atoms with E-state index in [0.717, 1.165) is 43.1 Å². The second-order valence-corrected chi connectivity index (χ2v) is 9.23. The number of esters is 1. The molecule has 4 fully saturated rings. The molecule has 1 aromatic rings. The Kier molecular flexibility index (Phi) is 5.61. The number of carbonyl (C=O) groups is 3. The van der Waals surface area contributed by atoms with Crippen molar-refractivity contribution in [2.45, 2.75) is 39.0 Å². The number of hydrogen-bond acceptors (Lipinski definition) is 4. The number of rotatable bonds is 6. The largest absolute Gasteiger partial charge is 0.455 e. The number of carbonyl (C=O) groups excluding carboxylic acids is 3. The smallest absolute Gasteiger partial charge is 0.310 e. The molecule has 2 amide bonds. The van der Waals surface area contributed by atoms with Crippen LogP contribution in [0.5, 0.6) is 0 Å². The molecular formula is C23H30N2O4. The van der Waals surface area contributed by atoms with Gasteiger partial charge in [0.25, 0.3) is 5.91 Å². The van der Waals surface area contributed by atoms with Gasteiger partial charge in [0.1, 0.15) is 0 Å². The van der Waals surface area contributed by atoms with Gasteiger partial charge in [0.2, 0.25) is 5.91 Å². The third-order valence-corrected chi connectivity index (χ3v) is 6.98. The molecule has 0 aliphatic heterocycles. The Labute approximate surface area is 172 Å². The first-order valence-electron chi connectivity index (χ1n) is 10.7. The van der Waals surface area contributed by atoms with Gasteiger partial charge in [-0.2, -0.15) is 0 Å². The molecule has 4 aliphatic rings. The van der Waals surface area contributed by atoms with E-state index in [4.69, 9.17) is 4.74 Å². The van der Waals surface area contributed by atoms with Gasteiger partial charge in [0.05, 0.1) is 12.5 Å². The summed E-state index contributed by atoms with van der Waals surface area (Å²) in [5, 5.41) is 2.77. The van der Waals surface area contributed by atoms with E-state index >= 15 is 0 Å². The molecule has 6 heteroatoms. The van der Waals surface area contributed by atoms with Crippen LogP contribution in [0.4, 0.5) is 5.69 Å². The Hall–Kier alpha value is -2.37. The third kappa shape index (κ3) is 4.46. The maximum atomic E-state index is 12.7. The zero-order valence-electron chi connectivity index (χ0n) is 17.2. The van der Waals surface area contributed by atoms with E-state index in [2.05, 4.69) is 5.32 Å². The van der Waals surface area contributed by atoms with Crippen molar-refractivity contribution in [2.24, 2.45) is 29.6 Å². The second-order valence-electron chi connectivity index (χ2n) is 9.23. The first-order valence-corrected chi connectivity index (χ1v) is 10.7. The molecule has 0 radical (unpaired) electrons. The number of anilines is 1. The van der Waals surface area contributed by atoms with Gasteiger partial charge in [-0.3, -0.25) is 14.4 Å². The normalized spacial score (nSPS) is 29.4. The second kappa shape index (κ2) is 8.17. The minimum absolute atomic E-state index is 0.0363. The van der Waals surface area contributed by atoms with Crippen LogP contribution in [0.2, 0.25) is 0 Å². The highest BCUT2D eigenvalue weighted by Gasteiger charge is 2.51. The van der Waals surface area contributed by atoms with E-state index in [1.807, 2.05) is 31.2 Å². The molecule has 0 heterocycles. The highest BCUT2D eigenvalue weighted by molar-refractivity contribution is 5.94. The molecule has 4 saturated carbocycles. The van der Waals surface area contributed by atoms with Crippen molar-refractivity contribution in [1.29, 1.82) is 0 Å². The molecule has 156 valence electrons. The van der Waals surface area contributed by atoms with E-state index in [0.29, 0.717) is 17.5 Å². The van der Waals surface area contributed by atoms with Gasteiger partial charge in [-0.1, -0.05) is 17.7 Å². The molecule has 5 rings (SSSR count). The molecule has 1 N–H and O–H groups in total. The van der Waals surface area contributed by atoms with Gasteiger partial charge < -0.3 is 15.0 Å². The summed E-state index contributed by atoms with van der Waals surface area (Å²) < 4.78 is 5.40. The molecule has 0 aromatic heterocycles. The molecule has 4 aliphatic carbocycles. The lowest BCUT2D eigenvalue weighted by atomic mass is 9.52. The lowest BCUT2D eigenvalue weighted by molar-refractivity contribution is -0.166. The lowest BCUT2D eigenvalue weighted by Gasteiger charge is -2.53. The van der Waals surface area contributed by atoms with E-state index in [9.17, 15) is 14.4 Å². The number of nitrogens with zero attached hydrogens (tertiary/aromatic N) is 1. The predicted molar refractivity (Wildman–Crippen MR) is 109 cm³/mol. The van der Waals surface area contributed by atoms with Crippen molar-refractivity contribution in [1.82, 2.24) is 4.90 Å². The summed E-state index contributed by atoms with van der Waals surface area (Å²) in [7, 11) is 1.55. The predicted octanol–water partition coefficient (Wildman–Crippen LogP) is 3.01. The molecule has 0 spiro atoms. The first kappa shape index (κ1) is 19.9. The number of ether oxygens (including phenoxy) is 1. The number of amides is 2. The summed E-state index contributed by atoms with van der Waals surface area (Å²) in [5.41, 5.74) is 1.80. The van der Waals surface area contributed by atoms with Crippen molar-refractivity contribution in [3.63, 3.8) is 0 Å². The lowest BCUT2D eigenvalue weighted by Crippen LogP contribution is -2.49. The van der Waals surface area contributed by atoms with E-state index in [-0.39, 0.29) is 36.9 Å². The molecule has 29 heavy (non-hydrogen) atoms. The Balaban J connectivity index is 1.23. The molecule has 4 bridgehead atoms. The Bertz CT molecular complexity index is 761. The van der Waals surface area contributed by atoms with Crippen molar-refractivity contribution >= 4 is 23.5 Å². The third-order valence-electron chi connectivity index (χ3n) is 6.98. The van der Waals surface area contributed by atoms with Crippen LogP contribution in [0.25, 0.3) is 0 Å². The van der Waals surface area contributed by atoms with Crippen LogP contribution in [0, 0.1) is 36.5 Å². The highest BCUT2D eigenvalue weighted by Crippen LogP contribution is 2.56. The fourth-order valence-electron chi connectivity index (χ4n) is 5.79. The number of benzene rings is 1. The van der Waals surface area contributed by atoms with Crippen LogP contribution in [-0.4, -0.2) is 42.9 Å². The Morgan fingerprint density at radius 2 is 1.59 bits per heavy atom. The summed E-state index contributed by atoms with van der Waals surface area (Å²) in [5.74, 6) is 1.56. The van der Waals surface area contributed by atoms with E-state index < -0.39 is 0 Å². The molecule has 0 saturated heterocycles. The average Bonchev–Trinajstić information content (AvgIpc) is 2.67. The summed E-state index contributed by atoms with van der Waals surface area (Å²) in [6, 6.07) is 7.46. The molecular weight excluding hydrogens is 368 g/mol. The first-order chi connectivity index (χ1) is 13.9. The standard InChI is InChI=1S/C23H30N2O4/c1-14-3-5-19(6-4-14)24-20(26)12-25(2)21(27)13-29-23(28)22-17-8-15-7-16(10-17)11-18(22)9-15/h3-6,15-18,22H,7-13H2,1-2H3,(H,24,26).